The van der Waals surface area contributed by atoms with Crippen LogP contribution in [0.1, 0.15) is 26.2 Å². The van der Waals surface area contributed by atoms with Crippen molar-refractivity contribution in [1.29, 1.82) is 0 Å². The monoisotopic (exact) mass is 299 g/mol. The number of hydrogen-bond donors (Lipinski definition) is 3. The molecule has 0 aliphatic carbocycles. The van der Waals surface area contributed by atoms with E-state index >= 15 is 0 Å². The molecule has 2 aliphatic heterocycles. The lowest BCUT2D eigenvalue weighted by atomic mass is 9.93. The fraction of sp³-hybridized carbons (Fsp3) is 0.769. The van der Waals surface area contributed by atoms with E-state index in [2.05, 4.69) is 0 Å². The Bertz CT molecular complexity index is 455. The number of aliphatic hydroxyl groups is 1. The van der Waals surface area contributed by atoms with Crippen LogP contribution in [0.4, 0.5) is 4.79 Å². The topological polar surface area (TPSA) is 124 Å². The van der Waals surface area contributed by atoms with Crippen molar-refractivity contribution < 1.29 is 24.6 Å². The van der Waals surface area contributed by atoms with Crippen molar-refractivity contribution in [3.05, 3.63) is 0 Å². The maximum Gasteiger partial charge on any atom is 0.326 e. The Labute approximate surface area is 122 Å². The number of nitrogens with two attached hydrogens (primary N) is 1. The number of aliphatic hydroxyl groups excluding tert-OH is 1. The summed E-state index contributed by atoms with van der Waals surface area (Å²) in [5.41, 5.74) is 5.30. The molecule has 4 N–H and O–H groups in total. The number of carboxylic acids is 1. The van der Waals surface area contributed by atoms with Crippen LogP contribution in [0.3, 0.4) is 0 Å². The molecule has 3 amide bonds. The van der Waals surface area contributed by atoms with Crippen LogP contribution in [-0.2, 0) is 9.59 Å². The molecule has 2 heterocycles. The van der Waals surface area contributed by atoms with Gasteiger partial charge >= 0.3 is 12.0 Å². The van der Waals surface area contributed by atoms with E-state index in [1.165, 1.54) is 9.80 Å². The van der Waals surface area contributed by atoms with E-state index in [9.17, 15) is 19.5 Å². The number of nitrogens with zero attached hydrogens (tertiary/aromatic N) is 2. The molecule has 2 aliphatic rings. The first kappa shape index (κ1) is 15.6. The van der Waals surface area contributed by atoms with Crippen LogP contribution in [0, 0.1) is 5.92 Å². The highest BCUT2D eigenvalue weighted by Gasteiger charge is 2.43. The maximum atomic E-state index is 12.6. The third-order valence-electron chi connectivity index (χ3n) is 4.34. The zero-order valence-corrected chi connectivity index (χ0v) is 11.9. The fourth-order valence-electron chi connectivity index (χ4n) is 3.03. The number of hydrogen-bond acceptors (Lipinski definition) is 4. The average molecular weight is 299 g/mol. The number of piperidine rings is 1. The van der Waals surface area contributed by atoms with Crippen molar-refractivity contribution in [2.45, 2.75) is 44.4 Å². The third kappa shape index (κ3) is 3.10. The number of carboxylic acid groups (broad SMARTS) is 1. The summed E-state index contributed by atoms with van der Waals surface area (Å²) in [6.45, 7) is 2.06. The van der Waals surface area contributed by atoms with Crippen LogP contribution < -0.4 is 5.73 Å². The summed E-state index contributed by atoms with van der Waals surface area (Å²) in [4.78, 5) is 37.7. The highest BCUT2D eigenvalue weighted by molar-refractivity contribution is 5.84. The number of amides is 3. The number of aliphatic carboxylic acids is 1. The van der Waals surface area contributed by atoms with Gasteiger partial charge in [-0.05, 0) is 19.8 Å². The van der Waals surface area contributed by atoms with Gasteiger partial charge in [0.05, 0.1) is 12.0 Å². The van der Waals surface area contributed by atoms with Gasteiger partial charge in [-0.1, -0.05) is 0 Å². The summed E-state index contributed by atoms with van der Waals surface area (Å²) in [6, 6.07) is -1.55. The van der Waals surface area contributed by atoms with Gasteiger partial charge in [0.1, 0.15) is 6.04 Å². The first-order chi connectivity index (χ1) is 9.81. The zero-order chi connectivity index (χ0) is 15.7. The second-order valence-corrected chi connectivity index (χ2v) is 5.86. The fourth-order valence-corrected chi connectivity index (χ4v) is 3.03. The van der Waals surface area contributed by atoms with E-state index < -0.39 is 36.0 Å². The number of β-amino-alcohol motifs (C(OH)–C–C–N with tert-alkyl or cyclic N) is 1. The summed E-state index contributed by atoms with van der Waals surface area (Å²) >= 11 is 0. The highest BCUT2D eigenvalue weighted by Crippen LogP contribution is 2.26. The van der Waals surface area contributed by atoms with Crippen molar-refractivity contribution in [2.24, 2.45) is 11.7 Å². The molecule has 21 heavy (non-hydrogen) atoms. The number of likely N-dealkylation sites (tertiary alicyclic amines) is 2. The Morgan fingerprint density at radius 1 is 1.14 bits per heavy atom. The normalized spacial score (nSPS) is 33.0. The van der Waals surface area contributed by atoms with Crippen molar-refractivity contribution in [2.75, 3.05) is 13.1 Å². The van der Waals surface area contributed by atoms with Gasteiger partial charge in [0.15, 0.2) is 0 Å². The molecule has 2 fully saturated rings. The molecule has 0 radical (unpaired) electrons. The van der Waals surface area contributed by atoms with E-state index in [0.29, 0.717) is 12.8 Å². The molecule has 4 atom stereocenters. The van der Waals surface area contributed by atoms with Gasteiger partial charge in [0.25, 0.3) is 0 Å². The summed E-state index contributed by atoms with van der Waals surface area (Å²) in [7, 11) is 0. The van der Waals surface area contributed by atoms with E-state index in [1.54, 1.807) is 0 Å². The standard InChI is InChI=1S/C13H21N3O5/c1-7-2-3-8(11(14)18)5-15(7)13(21)16-6-9(17)4-10(16)12(19)20/h7-10,17H,2-6H2,1H3,(H2,14,18)(H,19,20)/t7?,8?,9-,10-/m1/s1. The van der Waals surface area contributed by atoms with Gasteiger partial charge < -0.3 is 25.7 Å². The van der Waals surface area contributed by atoms with Gasteiger partial charge in [0, 0.05) is 25.6 Å². The van der Waals surface area contributed by atoms with E-state index in [-0.39, 0.29) is 25.6 Å². The Morgan fingerprint density at radius 3 is 2.38 bits per heavy atom. The van der Waals surface area contributed by atoms with E-state index in [0.717, 1.165) is 0 Å². The Morgan fingerprint density at radius 2 is 1.81 bits per heavy atom. The predicted octanol–water partition coefficient (Wildman–Crippen LogP) is -0.788. The first-order valence-corrected chi connectivity index (χ1v) is 7.08. The maximum absolute atomic E-state index is 12.6. The first-order valence-electron chi connectivity index (χ1n) is 7.08. The van der Waals surface area contributed by atoms with Gasteiger partial charge in [-0.15, -0.1) is 0 Å². The van der Waals surface area contributed by atoms with Crippen LogP contribution in [0.2, 0.25) is 0 Å². The van der Waals surface area contributed by atoms with Gasteiger partial charge in [-0.3, -0.25) is 4.79 Å². The molecule has 8 heteroatoms. The van der Waals surface area contributed by atoms with Crippen LogP contribution in [-0.4, -0.2) is 69.2 Å². The SMILES string of the molecule is CC1CCC(C(N)=O)CN1C(=O)N1C[C@H](O)C[C@@H]1C(=O)O. The zero-order valence-electron chi connectivity index (χ0n) is 11.9. The van der Waals surface area contributed by atoms with Crippen molar-refractivity contribution >= 4 is 17.9 Å². The lowest BCUT2D eigenvalue weighted by molar-refractivity contribution is -0.141. The summed E-state index contributed by atoms with van der Waals surface area (Å²) in [5.74, 6) is -1.98. The van der Waals surface area contributed by atoms with E-state index in [4.69, 9.17) is 10.8 Å². The predicted molar refractivity (Wildman–Crippen MR) is 72.2 cm³/mol. The van der Waals surface area contributed by atoms with Crippen molar-refractivity contribution in [3.8, 4) is 0 Å². The molecule has 2 saturated heterocycles. The van der Waals surface area contributed by atoms with E-state index in [1.807, 2.05) is 6.92 Å². The number of urea groups is 1. The molecule has 0 aromatic carbocycles. The Balaban J connectivity index is 2.13. The molecule has 0 aromatic rings. The Hall–Kier alpha value is -1.83. The van der Waals surface area contributed by atoms with Gasteiger partial charge in [-0.2, -0.15) is 0 Å². The molecule has 0 aromatic heterocycles. The van der Waals surface area contributed by atoms with Gasteiger partial charge in [-0.25, -0.2) is 9.59 Å². The summed E-state index contributed by atoms with van der Waals surface area (Å²) < 4.78 is 0. The highest BCUT2D eigenvalue weighted by atomic mass is 16.4. The minimum absolute atomic E-state index is 0.000256. The minimum atomic E-state index is -1.13. The smallest absolute Gasteiger partial charge is 0.326 e. The molecule has 2 unspecified atom stereocenters. The van der Waals surface area contributed by atoms with Gasteiger partial charge in [0.2, 0.25) is 5.91 Å². The molecular weight excluding hydrogens is 278 g/mol. The quantitative estimate of drug-likeness (QED) is 0.616. The summed E-state index contributed by atoms with van der Waals surface area (Å²) in [5, 5.41) is 18.8. The molecule has 0 saturated carbocycles. The third-order valence-corrected chi connectivity index (χ3v) is 4.34. The van der Waals surface area contributed by atoms with Crippen LogP contribution >= 0.6 is 0 Å². The van der Waals surface area contributed by atoms with Crippen molar-refractivity contribution in [3.63, 3.8) is 0 Å². The van der Waals surface area contributed by atoms with Crippen LogP contribution in [0.15, 0.2) is 0 Å². The van der Waals surface area contributed by atoms with Crippen molar-refractivity contribution in [1.82, 2.24) is 9.80 Å². The Kier molecular flexibility index (Phi) is 4.36. The second kappa shape index (κ2) is 5.88. The lowest BCUT2D eigenvalue weighted by Gasteiger charge is -2.39. The molecule has 0 bridgehead atoms. The minimum Gasteiger partial charge on any atom is -0.480 e. The summed E-state index contributed by atoms with van der Waals surface area (Å²) in [6.07, 6.45) is 0.475. The number of rotatable bonds is 2. The number of primary amides is 1. The number of carbonyl (C=O) groups excluding carboxylic acids is 2. The second-order valence-electron chi connectivity index (χ2n) is 5.86. The molecular formula is C13H21N3O5. The average Bonchev–Trinajstić information content (AvgIpc) is 2.80. The van der Waals surface area contributed by atoms with Crippen LogP contribution in [0.25, 0.3) is 0 Å². The molecule has 8 nitrogen and oxygen atoms in total. The number of carbonyl (C=O) groups is 3. The lowest BCUT2D eigenvalue weighted by Crippen LogP contribution is -2.55. The molecule has 118 valence electrons. The molecule has 0 spiro atoms. The largest absolute Gasteiger partial charge is 0.480 e. The molecule has 2 rings (SSSR count). The van der Waals surface area contributed by atoms with Crippen LogP contribution in [0.5, 0.6) is 0 Å².